The van der Waals surface area contributed by atoms with E-state index in [2.05, 4.69) is 32.2 Å². The first-order valence-electron chi connectivity index (χ1n) is 11.8. The molecule has 0 radical (unpaired) electrons. The van der Waals surface area contributed by atoms with Crippen molar-refractivity contribution in [2.24, 2.45) is 5.92 Å². The third-order valence-electron chi connectivity index (χ3n) is 7.15. The van der Waals surface area contributed by atoms with Crippen molar-refractivity contribution in [2.45, 2.75) is 64.5 Å². The Morgan fingerprint density at radius 1 is 1.24 bits per heavy atom. The highest BCUT2D eigenvalue weighted by Crippen LogP contribution is 2.54. The highest BCUT2D eigenvalue weighted by Gasteiger charge is 2.46. The average Bonchev–Trinajstić information content (AvgIpc) is 2.77. The topological polar surface area (TPSA) is 84.9 Å². The predicted molar refractivity (Wildman–Crippen MR) is 130 cm³/mol. The molecule has 0 saturated heterocycles. The standard InChI is InChI=1S/C28H33NO5/c1-16-11-12-20-19(13-16)24-22(34-28(20,3)4)14-17(2)23(25(24)30)26(31)29-21(27(32)33-5)15-18-9-7-6-8-10-18/h6-10,13-14,19-21,30H,11-12,15H2,1-5H3,(H,29,31)/t19?,20?,21-/m0/s1. The smallest absolute Gasteiger partial charge is 0.328 e. The summed E-state index contributed by atoms with van der Waals surface area (Å²) in [5.41, 5.74) is 3.18. The lowest BCUT2D eigenvalue weighted by Crippen LogP contribution is -2.45. The third kappa shape index (κ3) is 4.41. The van der Waals surface area contributed by atoms with Crippen molar-refractivity contribution in [2.75, 3.05) is 7.11 Å². The summed E-state index contributed by atoms with van der Waals surface area (Å²) in [4.78, 5) is 25.9. The minimum absolute atomic E-state index is 0.0413. The number of rotatable bonds is 5. The van der Waals surface area contributed by atoms with Crippen molar-refractivity contribution >= 4 is 11.9 Å². The molecule has 2 aliphatic rings. The zero-order chi connectivity index (χ0) is 24.6. The van der Waals surface area contributed by atoms with Gasteiger partial charge >= 0.3 is 5.97 Å². The molecule has 6 nitrogen and oxygen atoms in total. The Morgan fingerprint density at radius 3 is 2.62 bits per heavy atom. The van der Waals surface area contributed by atoms with Crippen molar-refractivity contribution in [3.8, 4) is 11.5 Å². The molecule has 180 valence electrons. The lowest BCUT2D eigenvalue weighted by atomic mass is 9.67. The van der Waals surface area contributed by atoms with Gasteiger partial charge in [-0.25, -0.2) is 4.79 Å². The second-order valence-corrected chi connectivity index (χ2v) is 9.96. The Bertz CT molecular complexity index is 1140. The number of ether oxygens (including phenoxy) is 2. The number of nitrogens with one attached hydrogen (secondary N) is 1. The van der Waals surface area contributed by atoms with Crippen LogP contribution >= 0.6 is 0 Å². The maximum atomic E-state index is 13.4. The fraction of sp³-hybridized carbons (Fsp3) is 0.429. The van der Waals surface area contributed by atoms with Gasteiger partial charge in [0.05, 0.1) is 12.7 Å². The molecule has 6 heteroatoms. The van der Waals surface area contributed by atoms with Crippen molar-refractivity contribution in [3.63, 3.8) is 0 Å². The summed E-state index contributed by atoms with van der Waals surface area (Å²) >= 11 is 0. The van der Waals surface area contributed by atoms with Gasteiger partial charge in [-0.3, -0.25) is 4.79 Å². The summed E-state index contributed by atoms with van der Waals surface area (Å²) in [6.45, 7) is 8.03. The zero-order valence-corrected chi connectivity index (χ0v) is 20.5. The van der Waals surface area contributed by atoms with E-state index in [1.54, 1.807) is 6.92 Å². The van der Waals surface area contributed by atoms with E-state index in [4.69, 9.17) is 9.47 Å². The monoisotopic (exact) mass is 463 g/mol. The van der Waals surface area contributed by atoms with Crippen molar-refractivity contribution < 1.29 is 24.2 Å². The molecular formula is C28H33NO5. The number of aryl methyl sites for hydroxylation is 1. The van der Waals surface area contributed by atoms with E-state index in [-0.39, 0.29) is 35.2 Å². The van der Waals surface area contributed by atoms with Crippen LogP contribution in [0.15, 0.2) is 48.0 Å². The quantitative estimate of drug-likeness (QED) is 0.490. The molecular weight excluding hydrogens is 430 g/mol. The largest absolute Gasteiger partial charge is 0.507 e. The Hall–Kier alpha value is -3.28. The molecule has 0 bridgehead atoms. The maximum absolute atomic E-state index is 13.4. The molecule has 0 saturated carbocycles. The van der Waals surface area contributed by atoms with Crippen LogP contribution in [0.1, 0.15) is 66.6 Å². The summed E-state index contributed by atoms with van der Waals surface area (Å²) in [7, 11) is 1.30. The number of carbonyl (C=O) groups excluding carboxylic acids is 2. The van der Waals surface area contributed by atoms with E-state index < -0.39 is 17.9 Å². The van der Waals surface area contributed by atoms with Crippen LogP contribution in [0.2, 0.25) is 0 Å². The first-order chi connectivity index (χ1) is 16.1. The molecule has 3 atom stereocenters. The fourth-order valence-corrected chi connectivity index (χ4v) is 5.39. The molecule has 0 aromatic heterocycles. The molecule has 2 N–H and O–H groups in total. The van der Waals surface area contributed by atoms with E-state index >= 15 is 0 Å². The molecule has 34 heavy (non-hydrogen) atoms. The Morgan fingerprint density at radius 2 is 1.94 bits per heavy atom. The highest BCUT2D eigenvalue weighted by atomic mass is 16.5. The van der Waals surface area contributed by atoms with Crippen LogP contribution in [-0.2, 0) is 16.0 Å². The van der Waals surface area contributed by atoms with Gasteiger partial charge in [0.15, 0.2) is 0 Å². The number of methoxy groups -OCH3 is 1. The molecule has 2 unspecified atom stereocenters. The number of amides is 1. The molecule has 1 aliphatic carbocycles. The number of phenols is 1. The van der Waals surface area contributed by atoms with Crippen LogP contribution in [0.5, 0.6) is 11.5 Å². The van der Waals surface area contributed by atoms with Crippen LogP contribution in [0.25, 0.3) is 0 Å². The van der Waals surface area contributed by atoms with Crippen molar-refractivity contribution in [1.29, 1.82) is 0 Å². The fourth-order valence-electron chi connectivity index (χ4n) is 5.39. The number of benzene rings is 2. The van der Waals surface area contributed by atoms with E-state index in [1.807, 2.05) is 36.4 Å². The van der Waals surface area contributed by atoms with Crippen LogP contribution in [0, 0.1) is 12.8 Å². The van der Waals surface area contributed by atoms with Crippen LogP contribution in [-0.4, -0.2) is 35.7 Å². The summed E-state index contributed by atoms with van der Waals surface area (Å²) in [5.74, 6) is -0.371. The van der Waals surface area contributed by atoms with Crippen LogP contribution in [0.4, 0.5) is 0 Å². The number of aromatic hydroxyl groups is 1. The SMILES string of the molecule is COC(=O)[C@H](Cc1ccccc1)NC(=O)c1c(C)cc2c(c1O)C1C=C(C)CCC1C(C)(C)O2. The Labute approximate surface area is 201 Å². The number of phenolic OH excluding ortho intramolecular Hbond substituents is 1. The summed E-state index contributed by atoms with van der Waals surface area (Å²) < 4.78 is 11.3. The molecule has 2 aromatic rings. The van der Waals surface area contributed by atoms with Gasteiger partial charge in [-0.15, -0.1) is 0 Å². The van der Waals surface area contributed by atoms with E-state index in [1.165, 1.54) is 12.7 Å². The summed E-state index contributed by atoms with van der Waals surface area (Å²) in [6, 6.07) is 10.4. The molecule has 1 aliphatic heterocycles. The number of carbonyl (C=O) groups is 2. The second kappa shape index (κ2) is 9.16. The lowest BCUT2D eigenvalue weighted by molar-refractivity contribution is -0.142. The van der Waals surface area contributed by atoms with Gasteiger partial charge in [0.2, 0.25) is 0 Å². The average molecular weight is 464 g/mol. The normalized spacial score (nSPS) is 21.3. The van der Waals surface area contributed by atoms with Gasteiger partial charge in [0, 0.05) is 23.8 Å². The van der Waals surface area contributed by atoms with Crippen LogP contribution in [0.3, 0.4) is 0 Å². The van der Waals surface area contributed by atoms with Crippen molar-refractivity contribution in [3.05, 3.63) is 70.3 Å². The summed E-state index contributed by atoms with van der Waals surface area (Å²) in [5, 5.41) is 14.2. The van der Waals surface area contributed by atoms with Gasteiger partial charge < -0.3 is 19.9 Å². The van der Waals surface area contributed by atoms with Gasteiger partial charge in [0.25, 0.3) is 5.91 Å². The van der Waals surface area contributed by atoms with Gasteiger partial charge in [-0.1, -0.05) is 42.0 Å². The molecule has 1 amide bonds. The molecule has 0 fully saturated rings. The Kier molecular flexibility index (Phi) is 6.43. The van der Waals surface area contributed by atoms with Crippen molar-refractivity contribution in [1.82, 2.24) is 5.32 Å². The van der Waals surface area contributed by atoms with Gasteiger partial charge in [-0.2, -0.15) is 0 Å². The number of fused-ring (bicyclic) bond motifs is 3. The first-order valence-corrected chi connectivity index (χ1v) is 11.8. The molecule has 2 aromatic carbocycles. The van der Waals surface area contributed by atoms with E-state index in [0.29, 0.717) is 16.9 Å². The summed E-state index contributed by atoms with van der Waals surface area (Å²) in [6.07, 6.45) is 4.42. The Balaban J connectivity index is 1.71. The zero-order valence-electron chi connectivity index (χ0n) is 20.5. The molecule has 1 heterocycles. The number of hydrogen-bond donors (Lipinski definition) is 2. The van der Waals surface area contributed by atoms with E-state index in [0.717, 1.165) is 18.4 Å². The third-order valence-corrected chi connectivity index (χ3v) is 7.15. The van der Waals surface area contributed by atoms with Gasteiger partial charge in [0.1, 0.15) is 23.1 Å². The number of esters is 1. The predicted octanol–water partition coefficient (Wildman–Crippen LogP) is 4.83. The van der Waals surface area contributed by atoms with E-state index in [9.17, 15) is 14.7 Å². The molecule has 4 rings (SSSR count). The minimum Gasteiger partial charge on any atom is -0.507 e. The number of allylic oxidation sites excluding steroid dienone is 2. The highest BCUT2D eigenvalue weighted by molar-refractivity contribution is 6.01. The van der Waals surface area contributed by atoms with Crippen LogP contribution < -0.4 is 10.1 Å². The second-order valence-electron chi connectivity index (χ2n) is 9.96. The molecule has 0 spiro atoms. The maximum Gasteiger partial charge on any atom is 0.328 e. The number of hydrogen-bond acceptors (Lipinski definition) is 5. The lowest BCUT2D eigenvalue weighted by Gasteiger charge is -2.46. The van der Waals surface area contributed by atoms with Gasteiger partial charge in [-0.05, 0) is 57.7 Å². The minimum atomic E-state index is -0.880. The first kappa shape index (κ1) is 23.9.